The van der Waals surface area contributed by atoms with Crippen LogP contribution in [0.4, 0.5) is 0 Å². The maximum absolute atomic E-state index is 11.5. The average Bonchev–Trinajstić information content (AvgIpc) is 2.06. The molecule has 0 saturated heterocycles. The van der Waals surface area contributed by atoms with Crippen LogP contribution in [-0.2, 0) is 9.84 Å². The van der Waals surface area contributed by atoms with Crippen molar-refractivity contribution in [3.05, 3.63) is 33.3 Å². The van der Waals surface area contributed by atoms with E-state index in [1.807, 2.05) is 0 Å². The summed E-state index contributed by atoms with van der Waals surface area (Å²) < 4.78 is 22.6. The lowest BCUT2D eigenvalue weighted by Crippen LogP contribution is -2.14. The van der Waals surface area contributed by atoms with Gasteiger partial charge < -0.3 is 0 Å². The Hall–Kier alpha value is -0.390. The third-order valence-corrected chi connectivity index (χ3v) is 3.23. The van der Waals surface area contributed by atoms with Crippen LogP contribution < -0.4 is 0 Å². The van der Waals surface area contributed by atoms with E-state index in [0.717, 1.165) is 6.26 Å². The second-order valence-corrected chi connectivity index (χ2v) is 6.58. The molecule has 1 aromatic rings. The van der Waals surface area contributed by atoms with Gasteiger partial charge in [-0.25, -0.2) is 8.42 Å². The van der Waals surface area contributed by atoms with Crippen molar-refractivity contribution in [3.63, 3.8) is 0 Å². The summed E-state index contributed by atoms with van der Waals surface area (Å²) in [6.07, 6.45) is 1.01. The van der Waals surface area contributed by atoms with Crippen molar-refractivity contribution >= 4 is 43.2 Å². The van der Waals surface area contributed by atoms with Gasteiger partial charge in [0.2, 0.25) is 0 Å². The second kappa shape index (κ2) is 4.63. The molecule has 0 spiro atoms. The number of rotatable bonds is 3. The molecular weight excluding hydrogens is 304 g/mol. The summed E-state index contributed by atoms with van der Waals surface area (Å²) in [6, 6.07) is 4.73. The van der Waals surface area contributed by atoms with Gasteiger partial charge in [-0.05, 0) is 18.2 Å². The number of Topliss-reactive ketones (excluding diaryl/α,β-unsaturated/α-hetero) is 1. The number of carbonyl (C=O) groups is 1. The fourth-order valence-corrected chi connectivity index (χ4v) is 2.24. The molecule has 0 bridgehead atoms. The molecule has 82 valence electrons. The first-order valence-corrected chi connectivity index (χ1v) is 7.19. The van der Waals surface area contributed by atoms with Gasteiger partial charge in [0.1, 0.15) is 5.75 Å². The summed E-state index contributed by atoms with van der Waals surface area (Å²) >= 11 is 8.97. The zero-order valence-corrected chi connectivity index (χ0v) is 11.0. The summed E-state index contributed by atoms with van der Waals surface area (Å²) in [7, 11) is -3.32. The van der Waals surface area contributed by atoms with Gasteiger partial charge in [0.25, 0.3) is 0 Å². The lowest BCUT2D eigenvalue weighted by molar-refractivity contribution is 0.102. The van der Waals surface area contributed by atoms with Gasteiger partial charge in [-0.15, -0.1) is 0 Å². The van der Waals surface area contributed by atoms with Gasteiger partial charge in [0, 0.05) is 16.3 Å². The molecule has 0 aliphatic rings. The number of ketones is 1. The molecule has 6 heteroatoms. The smallest absolute Gasteiger partial charge is 0.179 e. The molecule has 0 N–H and O–H groups in total. The second-order valence-electron chi connectivity index (χ2n) is 3.12. The van der Waals surface area contributed by atoms with E-state index in [1.54, 1.807) is 12.1 Å². The fraction of sp³-hybridized carbons (Fsp3) is 0.222. The molecule has 0 aromatic heterocycles. The van der Waals surface area contributed by atoms with Gasteiger partial charge in [-0.3, -0.25) is 4.79 Å². The Morgan fingerprint density at radius 3 is 2.60 bits per heavy atom. The number of benzene rings is 1. The van der Waals surface area contributed by atoms with Crippen LogP contribution in [0, 0.1) is 0 Å². The lowest BCUT2D eigenvalue weighted by Gasteiger charge is -2.02. The van der Waals surface area contributed by atoms with E-state index >= 15 is 0 Å². The highest BCUT2D eigenvalue weighted by Crippen LogP contribution is 2.21. The van der Waals surface area contributed by atoms with Crippen LogP contribution in [0.2, 0.25) is 5.02 Å². The van der Waals surface area contributed by atoms with Crippen molar-refractivity contribution < 1.29 is 13.2 Å². The van der Waals surface area contributed by atoms with E-state index in [-0.39, 0.29) is 10.6 Å². The molecule has 1 rings (SSSR count). The topological polar surface area (TPSA) is 51.2 Å². The number of hydrogen-bond acceptors (Lipinski definition) is 3. The molecule has 0 aliphatic carbocycles. The molecule has 3 nitrogen and oxygen atoms in total. The molecule has 0 amide bonds. The first kappa shape index (κ1) is 12.7. The lowest BCUT2D eigenvalue weighted by atomic mass is 10.1. The van der Waals surface area contributed by atoms with Gasteiger partial charge in [-0.1, -0.05) is 27.5 Å². The molecule has 0 aliphatic heterocycles. The van der Waals surface area contributed by atoms with Crippen molar-refractivity contribution in [2.75, 3.05) is 12.0 Å². The van der Waals surface area contributed by atoms with E-state index in [0.29, 0.717) is 4.47 Å². The summed E-state index contributed by atoms with van der Waals surface area (Å²) in [5.41, 5.74) is 0.219. The minimum atomic E-state index is -3.32. The van der Waals surface area contributed by atoms with Gasteiger partial charge >= 0.3 is 0 Å². The third-order valence-electron chi connectivity index (χ3n) is 1.62. The van der Waals surface area contributed by atoms with Crippen molar-refractivity contribution in [3.8, 4) is 0 Å². The molecule has 0 heterocycles. The largest absolute Gasteiger partial charge is 0.293 e. The van der Waals surface area contributed by atoms with E-state index in [1.165, 1.54) is 6.07 Å². The molecular formula is C9H8BrClO3S. The van der Waals surface area contributed by atoms with E-state index in [2.05, 4.69) is 15.9 Å². The third kappa shape index (κ3) is 3.93. The Morgan fingerprint density at radius 2 is 2.07 bits per heavy atom. The van der Waals surface area contributed by atoms with Crippen LogP contribution >= 0.6 is 27.5 Å². The molecule has 0 fully saturated rings. The van der Waals surface area contributed by atoms with E-state index in [4.69, 9.17) is 11.6 Å². The first-order valence-electron chi connectivity index (χ1n) is 3.95. The predicted octanol–water partition coefficient (Wildman–Crippen LogP) is 2.33. The van der Waals surface area contributed by atoms with Crippen LogP contribution in [0.3, 0.4) is 0 Å². The first-order chi connectivity index (χ1) is 6.79. The Morgan fingerprint density at radius 1 is 1.47 bits per heavy atom. The van der Waals surface area contributed by atoms with Crippen LogP contribution in [0.5, 0.6) is 0 Å². The highest BCUT2D eigenvalue weighted by molar-refractivity contribution is 9.10. The fourth-order valence-electron chi connectivity index (χ4n) is 1.03. The Kier molecular flexibility index (Phi) is 3.92. The van der Waals surface area contributed by atoms with E-state index < -0.39 is 21.4 Å². The van der Waals surface area contributed by atoms with Gasteiger partial charge in [0.05, 0.1) is 5.02 Å². The maximum Gasteiger partial charge on any atom is 0.179 e. The van der Waals surface area contributed by atoms with Crippen LogP contribution in [0.1, 0.15) is 10.4 Å². The zero-order valence-electron chi connectivity index (χ0n) is 7.83. The number of carbonyl (C=O) groups excluding carboxylic acids is 1. The van der Waals surface area contributed by atoms with Crippen LogP contribution in [0.15, 0.2) is 22.7 Å². The Bertz CT molecular complexity index is 496. The average molecular weight is 312 g/mol. The summed E-state index contributed by atoms with van der Waals surface area (Å²) in [4.78, 5) is 11.5. The number of hydrogen-bond donors (Lipinski definition) is 0. The van der Waals surface area contributed by atoms with Crippen molar-refractivity contribution in [2.45, 2.75) is 0 Å². The quantitative estimate of drug-likeness (QED) is 0.805. The number of sulfone groups is 1. The van der Waals surface area contributed by atoms with Crippen molar-refractivity contribution in [1.29, 1.82) is 0 Å². The minimum absolute atomic E-state index is 0.219. The SMILES string of the molecule is CS(=O)(=O)CC(=O)c1cc(Br)ccc1Cl. The molecule has 15 heavy (non-hydrogen) atoms. The Balaban J connectivity index is 3.06. The molecule has 0 unspecified atom stereocenters. The zero-order chi connectivity index (χ0) is 11.6. The standard InChI is InChI=1S/C9H8BrClO3S/c1-15(13,14)5-9(12)7-4-6(10)2-3-8(7)11/h2-4H,5H2,1H3. The minimum Gasteiger partial charge on any atom is -0.293 e. The molecule has 1 aromatic carbocycles. The van der Waals surface area contributed by atoms with Gasteiger partial charge in [0.15, 0.2) is 15.6 Å². The van der Waals surface area contributed by atoms with Crippen molar-refractivity contribution in [2.24, 2.45) is 0 Å². The Labute approximate surface area is 101 Å². The van der Waals surface area contributed by atoms with Crippen LogP contribution in [-0.4, -0.2) is 26.2 Å². The summed E-state index contributed by atoms with van der Waals surface area (Å²) in [5.74, 6) is -1.02. The normalized spacial score (nSPS) is 11.4. The predicted molar refractivity (Wildman–Crippen MR) is 63.2 cm³/mol. The van der Waals surface area contributed by atoms with Gasteiger partial charge in [-0.2, -0.15) is 0 Å². The summed E-state index contributed by atoms with van der Waals surface area (Å²) in [6.45, 7) is 0. The molecule has 0 atom stereocenters. The molecule has 0 radical (unpaired) electrons. The molecule has 0 saturated carbocycles. The highest BCUT2D eigenvalue weighted by atomic mass is 79.9. The highest BCUT2D eigenvalue weighted by Gasteiger charge is 2.16. The number of halogens is 2. The summed E-state index contributed by atoms with van der Waals surface area (Å²) in [5, 5.41) is 0.256. The maximum atomic E-state index is 11.5. The van der Waals surface area contributed by atoms with Crippen molar-refractivity contribution in [1.82, 2.24) is 0 Å². The van der Waals surface area contributed by atoms with Crippen LogP contribution in [0.25, 0.3) is 0 Å². The van der Waals surface area contributed by atoms with E-state index in [9.17, 15) is 13.2 Å². The monoisotopic (exact) mass is 310 g/mol.